The lowest BCUT2D eigenvalue weighted by molar-refractivity contribution is -0.128. The van der Waals surface area contributed by atoms with Gasteiger partial charge in [0.1, 0.15) is 0 Å². The Bertz CT molecular complexity index is 1020. The van der Waals surface area contributed by atoms with Crippen LogP contribution in [-0.2, 0) is 22.4 Å². The molecule has 2 N–H and O–H groups in total. The number of thioether (sulfide) groups is 1. The maximum Gasteiger partial charge on any atom is 0.242 e. The van der Waals surface area contributed by atoms with Gasteiger partial charge in [-0.05, 0) is 48.4 Å². The third-order valence-corrected chi connectivity index (χ3v) is 5.30. The number of amides is 2. The maximum atomic E-state index is 12.3. The van der Waals surface area contributed by atoms with E-state index in [1.807, 2.05) is 62.6 Å². The Morgan fingerprint density at radius 1 is 0.931 bits per heavy atom. The van der Waals surface area contributed by atoms with Crippen molar-refractivity contribution in [3.05, 3.63) is 65.0 Å². The number of aryl methyl sites for hydroxylation is 2. The number of rotatable bonds is 6. The molecule has 2 aromatic carbocycles. The molecular formula is C22H24N4O2S. The van der Waals surface area contributed by atoms with Gasteiger partial charge in [-0.25, -0.2) is 9.97 Å². The van der Waals surface area contributed by atoms with Crippen molar-refractivity contribution in [2.24, 2.45) is 0 Å². The van der Waals surface area contributed by atoms with Crippen molar-refractivity contribution in [1.82, 2.24) is 20.8 Å². The van der Waals surface area contributed by atoms with E-state index < -0.39 is 0 Å². The molecule has 0 spiro atoms. The summed E-state index contributed by atoms with van der Waals surface area (Å²) < 4.78 is 0. The van der Waals surface area contributed by atoms with Gasteiger partial charge in [-0.3, -0.25) is 20.4 Å². The van der Waals surface area contributed by atoms with E-state index in [9.17, 15) is 9.59 Å². The van der Waals surface area contributed by atoms with Crippen LogP contribution in [-0.4, -0.2) is 28.0 Å². The van der Waals surface area contributed by atoms with Crippen LogP contribution in [0.1, 0.15) is 28.9 Å². The van der Waals surface area contributed by atoms with Crippen LogP contribution in [0.3, 0.4) is 0 Å². The minimum atomic E-state index is -0.255. The van der Waals surface area contributed by atoms with Crippen molar-refractivity contribution < 1.29 is 9.59 Å². The molecule has 6 nitrogen and oxygen atoms in total. The first kappa shape index (κ1) is 20.8. The van der Waals surface area contributed by atoms with E-state index in [-0.39, 0.29) is 24.7 Å². The number of carbonyl (C=O) groups excluding carboxylic acids is 2. The summed E-state index contributed by atoms with van der Waals surface area (Å²) in [6.07, 6.45) is 2.90. The summed E-state index contributed by atoms with van der Waals surface area (Å²) in [6, 6.07) is 13.8. The highest BCUT2D eigenvalue weighted by Crippen LogP contribution is 2.19. The molecule has 7 heteroatoms. The molecule has 3 aromatic rings. The third-order valence-electron chi connectivity index (χ3n) is 4.76. The predicted molar refractivity (Wildman–Crippen MR) is 116 cm³/mol. The highest BCUT2D eigenvalue weighted by molar-refractivity contribution is 7.98. The fourth-order valence-corrected chi connectivity index (χ4v) is 3.72. The zero-order valence-electron chi connectivity index (χ0n) is 16.8. The molecular weight excluding hydrogens is 384 g/mol. The molecule has 0 aliphatic heterocycles. The number of nitrogens with zero attached hydrogens (tertiary/aromatic N) is 2. The van der Waals surface area contributed by atoms with Gasteiger partial charge in [-0.15, -0.1) is 0 Å². The Balaban J connectivity index is 1.52. The molecule has 0 bridgehead atoms. The second-order valence-corrected chi connectivity index (χ2v) is 7.54. The van der Waals surface area contributed by atoms with Gasteiger partial charge in [0.15, 0.2) is 5.16 Å². The number of fused-ring (bicyclic) bond motifs is 1. The lowest BCUT2D eigenvalue weighted by Crippen LogP contribution is -2.42. The molecule has 0 radical (unpaired) electrons. The van der Waals surface area contributed by atoms with Gasteiger partial charge in [-0.2, -0.15) is 0 Å². The van der Waals surface area contributed by atoms with Gasteiger partial charge < -0.3 is 0 Å². The minimum absolute atomic E-state index is 0.198. The number of hydrogen-bond acceptors (Lipinski definition) is 5. The van der Waals surface area contributed by atoms with E-state index in [0.29, 0.717) is 6.42 Å². The lowest BCUT2D eigenvalue weighted by Gasteiger charge is -2.11. The summed E-state index contributed by atoms with van der Waals surface area (Å²) in [6.45, 7) is 3.85. The van der Waals surface area contributed by atoms with Crippen LogP contribution in [0, 0.1) is 13.8 Å². The fourth-order valence-electron chi connectivity index (χ4n) is 3.27. The largest absolute Gasteiger partial charge is 0.273 e. The molecule has 0 unspecified atom stereocenters. The molecule has 1 heterocycles. The average Bonchev–Trinajstić information content (AvgIpc) is 2.71. The Hall–Kier alpha value is -2.93. The van der Waals surface area contributed by atoms with E-state index >= 15 is 0 Å². The Morgan fingerprint density at radius 2 is 1.59 bits per heavy atom. The number of nitrogens with one attached hydrogen (secondary N) is 2. The smallest absolute Gasteiger partial charge is 0.242 e. The maximum absolute atomic E-state index is 12.3. The molecule has 0 saturated heterocycles. The van der Waals surface area contributed by atoms with Gasteiger partial charge in [0.05, 0.1) is 6.42 Å². The Labute approximate surface area is 174 Å². The molecule has 0 aliphatic rings. The zero-order chi connectivity index (χ0) is 20.8. The van der Waals surface area contributed by atoms with E-state index in [4.69, 9.17) is 0 Å². The zero-order valence-corrected chi connectivity index (χ0v) is 17.6. The SMILES string of the molecule is CSc1nc(C)c(CCC(=O)NNC(=O)Cc2cccc3ccccc23)c(C)n1. The average molecular weight is 409 g/mol. The highest BCUT2D eigenvalue weighted by Gasteiger charge is 2.12. The minimum Gasteiger partial charge on any atom is -0.273 e. The van der Waals surface area contributed by atoms with Crippen LogP contribution < -0.4 is 10.9 Å². The molecule has 150 valence electrons. The monoisotopic (exact) mass is 408 g/mol. The molecule has 0 aliphatic carbocycles. The van der Waals surface area contributed by atoms with Crippen LogP contribution in [0.5, 0.6) is 0 Å². The van der Waals surface area contributed by atoms with E-state index in [0.717, 1.165) is 38.4 Å². The van der Waals surface area contributed by atoms with Crippen LogP contribution >= 0.6 is 11.8 Å². The number of benzene rings is 2. The van der Waals surface area contributed by atoms with E-state index in [1.165, 1.54) is 11.8 Å². The number of aromatic nitrogens is 2. The van der Waals surface area contributed by atoms with Gasteiger partial charge >= 0.3 is 0 Å². The second-order valence-electron chi connectivity index (χ2n) is 6.77. The standard InChI is InChI=1S/C22H24N4O2S/c1-14-18(15(2)24-22(23-14)29-3)11-12-20(27)25-26-21(28)13-17-9-6-8-16-7-4-5-10-19(16)17/h4-10H,11-13H2,1-3H3,(H,25,27)(H,26,28). The second kappa shape index (κ2) is 9.52. The van der Waals surface area contributed by atoms with Crippen LogP contribution in [0.25, 0.3) is 10.8 Å². The first-order valence-electron chi connectivity index (χ1n) is 9.40. The summed E-state index contributed by atoms with van der Waals surface area (Å²) >= 11 is 1.49. The normalized spacial score (nSPS) is 10.7. The van der Waals surface area contributed by atoms with Crippen LogP contribution in [0.4, 0.5) is 0 Å². The van der Waals surface area contributed by atoms with Crippen molar-refractivity contribution in [1.29, 1.82) is 0 Å². The lowest BCUT2D eigenvalue weighted by atomic mass is 10.0. The summed E-state index contributed by atoms with van der Waals surface area (Å²) in [5.41, 5.74) is 8.67. The van der Waals surface area contributed by atoms with Gasteiger partial charge in [-0.1, -0.05) is 54.2 Å². The van der Waals surface area contributed by atoms with Gasteiger partial charge in [0.25, 0.3) is 0 Å². The van der Waals surface area contributed by atoms with Crippen LogP contribution in [0.15, 0.2) is 47.6 Å². The van der Waals surface area contributed by atoms with E-state index in [1.54, 1.807) is 0 Å². The van der Waals surface area contributed by atoms with Crippen molar-refractivity contribution in [2.75, 3.05) is 6.26 Å². The summed E-state index contributed by atoms with van der Waals surface area (Å²) in [7, 11) is 0. The summed E-state index contributed by atoms with van der Waals surface area (Å²) in [5.74, 6) is -0.501. The molecule has 0 saturated carbocycles. The molecule has 29 heavy (non-hydrogen) atoms. The van der Waals surface area contributed by atoms with Crippen molar-refractivity contribution in [3.63, 3.8) is 0 Å². The van der Waals surface area contributed by atoms with E-state index in [2.05, 4.69) is 20.8 Å². The first-order chi connectivity index (χ1) is 14.0. The number of carbonyl (C=O) groups is 2. The molecule has 0 atom stereocenters. The van der Waals surface area contributed by atoms with Crippen molar-refractivity contribution in [3.8, 4) is 0 Å². The van der Waals surface area contributed by atoms with Crippen LogP contribution in [0.2, 0.25) is 0 Å². The molecule has 2 amide bonds. The van der Waals surface area contributed by atoms with Gasteiger partial charge in [0, 0.05) is 17.8 Å². The molecule has 1 aromatic heterocycles. The Kier molecular flexibility index (Phi) is 6.82. The van der Waals surface area contributed by atoms with Gasteiger partial charge in [0.2, 0.25) is 11.8 Å². The predicted octanol–water partition coefficient (Wildman–Crippen LogP) is 3.29. The summed E-state index contributed by atoms with van der Waals surface area (Å²) in [5, 5.41) is 2.85. The number of hydrazine groups is 1. The first-order valence-corrected chi connectivity index (χ1v) is 10.6. The Morgan fingerprint density at radius 3 is 2.31 bits per heavy atom. The molecule has 3 rings (SSSR count). The topological polar surface area (TPSA) is 84.0 Å². The molecule has 0 fully saturated rings. The summed E-state index contributed by atoms with van der Waals surface area (Å²) in [4.78, 5) is 33.3. The number of hydrogen-bond donors (Lipinski definition) is 2. The van der Waals surface area contributed by atoms with Crippen molar-refractivity contribution >= 4 is 34.3 Å². The van der Waals surface area contributed by atoms with Crippen molar-refractivity contribution in [2.45, 2.75) is 38.3 Å². The fraction of sp³-hybridized carbons (Fsp3) is 0.273. The quantitative estimate of drug-likeness (QED) is 0.371. The third kappa shape index (κ3) is 5.32. The highest BCUT2D eigenvalue weighted by atomic mass is 32.2.